The Hall–Kier alpha value is -1.22. The third-order valence-electron chi connectivity index (χ3n) is 3.52. The van der Waals surface area contributed by atoms with E-state index in [0.717, 1.165) is 31.0 Å². The second-order valence-corrected chi connectivity index (χ2v) is 4.79. The maximum atomic E-state index is 12.7. The van der Waals surface area contributed by atoms with Crippen LogP contribution in [0.25, 0.3) is 5.57 Å². The van der Waals surface area contributed by atoms with Gasteiger partial charge < -0.3 is 5.32 Å². The van der Waals surface area contributed by atoms with Gasteiger partial charge in [0.2, 0.25) is 5.95 Å². The van der Waals surface area contributed by atoms with Crippen LogP contribution in [-0.2, 0) is 0 Å². The molecule has 0 spiro atoms. The first-order chi connectivity index (χ1) is 7.81. The fraction of sp³-hybridized carbons (Fsp3) is 0.462. The van der Waals surface area contributed by atoms with Crippen LogP contribution in [0.2, 0.25) is 0 Å². The van der Waals surface area contributed by atoms with E-state index in [1.807, 2.05) is 6.07 Å². The number of rotatable bonds is 1. The minimum absolute atomic E-state index is 0.401. The topological polar surface area (TPSA) is 24.9 Å². The number of piperidine rings is 1. The lowest BCUT2D eigenvalue weighted by molar-refractivity contribution is 0.316. The summed E-state index contributed by atoms with van der Waals surface area (Å²) >= 11 is 0. The molecule has 2 nitrogen and oxygen atoms in total. The van der Waals surface area contributed by atoms with Gasteiger partial charge in [-0.25, -0.2) is 4.98 Å². The molecular formula is C13H15FN2. The molecule has 1 aliphatic heterocycles. The Morgan fingerprint density at radius 2 is 2.25 bits per heavy atom. The van der Waals surface area contributed by atoms with Crippen LogP contribution in [0.15, 0.2) is 24.4 Å². The van der Waals surface area contributed by atoms with E-state index in [2.05, 4.69) is 16.4 Å². The molecule has 16 heavy (non-hydrogen) atoms. The quantitative estimate of drug-likeness (QED) is 0.731. The molecule has 3 heteroatoms. The predicted molar refractivity (Wildman–Crippen MR) is 61.3 cm³/mol. The number of nitrogens with one attached hydrogen (secondary N) is 1. The molecule has 1 N–H and O–H groups in total. The maximum Gasteiger partial charge on any atom is 0.212 e. The standard InChI is InChI=1S/C13H15FN2/c14-13-2-1-11(8-16-13)12-4-9-3-10(5-12)7-15-6-9/h1-2,4,8-10,15H,3,5-7H2/t9-,10+/m1/s1. The average Bonchev–Trinajstić information content (AvgIpc) is 2.29. The second kappa shape index (κ2) is 3.98. The third kappa shape index (κ3) is 1.87. The summed E-state index contributed by atoms with van der Waals surface area (Å²) in [6.45, 7) is 2.19. The van der Waals surface area contributed by atoms with E-state index in [9.17, 15) is 4.39 Å². The van der Waals surface area contributed by atoms with E-state index in [1.54, 1.807) is 6.20 Å². The molecular weight excluding hydrogens is 203 g/mol. The Balaban J connectivity index is 1.89. The highest BCUT2D eigenvalue weighted by Crippen LogP contribution is 2.35. The molecule has 1 saturated heterocycles. The minimum Gasteiger partial charge on any atom is -0.316 e. The van der Waals surface area contributed by atoms with Crippen LogP contribution in [0, 0.1) is 17.8 Å². The highest BCUT2D eigenvalue weighted by Gasteiger charge is 2.26. The molecule has 1 fully saturated rings. The van der Waals surface area contributed by atoms with Crippen molar-refractivity contribution in [3.8, 4) is 0 Å². The summed E-state index contributed by atoms with van der Waals surface area (Å²) in [4.78, 5) is 3.73. The van der Waals surface area contributed by atoms with Crippen LogP contribution in [0.1, 0.15) is 18.4 Å². The van der Waals surface area contributed by atoms with Crippen molar-refractivity contribution in [3.63, 3.8) is 0 Å². The average molecular weight is 218 g/mol. The molecule has 2 heterocycles. The zero-order valence-corrected chi connectivity index (χ0v) is 9.12. The van der Waals surface area contributed by atoms with Crippen molar-refractivity contribution in [2.75, 3.05) is 13.1 Å². The minimum atomic E-state index is -0.401. The molecule has 0 saturated carbocycles. The van der Waals surface area contributed by atoms with Crippen molar-refractivity contribution in [2.45, 2.75) is 12.8 Å². The number of aromatic nitrogens is 1. The highest BCUT2D eigenvalue weighted by molar-refractivity contribution is 5.66. The first-order valence-corrected chi connectivity index (χ1v) is 5.84. The van der Waals surface area contributed by atoms with Crippen molar-refractivity contribution in [1.29, 1.82) is 0 Å². The summed E-state index contributed by atoms with van der Waals surface area (Å²) in [5.74, 6) is 0.985. The van der Waals surface area contributed by atoms with Crippen LogP contribution < -0.4 is 5.32 Å². The van der Waals surface area contributed by atoms with E-state index < -0.39 is 5.95 Å². The molecule has 1 aromatic heterocycles. The number of nitrogens with zero attached hydrogens (tertiary/aromatic N) is 1. The number of halogens is 1. The van der Waals surface area contributed by atoms with Crippen LogP contribution in [0.4, 0.5) is 4.39 Å². The fourth-order valence-electron chi connectivity index (χ4n) is 2.79. The molecule has 0 amide bonds. The molecule has 0 aromatic carbocycles. The largest absolute Gasteiger partial charge is 0.316 e. The Morgan fingerprint density at radius 3 is 3.00 bits per heavy atom. The van der Waals surface area contributed by atoms with Gasteiger partial charge in [-0.15, -0.1) is 0 Å². The molecule has 0 radical (unpaired) electrons. The molecule has 3 rings (SSSR count). The molecule has 84 valence electrons. The van der Waals surface area contributed by atoms with Gasteiger partial charge in [-0.1, -0.05) is 6.08 Å². The fourth-order valence-corrected chi connectivity index (χ4v) is 2.79. The van der Waals surface area contributed by atoms with E-state index in [1.165, 1.54) is 18.1 Å². The van der Waals surface area contributed by atoms with Crippen LogP contribution in [0.3, 0.4) is 0 Å². The molecule has 2 aliphatic rings. The van der Waals surface area contributed by atoms with Crippen molar-refractivity contribution in [3.05, 3.63) is 35.9 Å². The lowest BCUT2D eigenvalue weighted by atomic mass is 9.78. The molecule has 2 bridgehead atoms. The van der Waals surface area contributed by atoms with E-state index in [4.69, 9.17) is 0 Å². The van der Waals surface area contributed by atoms with E-state index in [0.29, 0.717) is 5.92 Å². The van der Waals surface area contributed by atoms with Gasteiger partial charge in [0.1, 0.15) is 0 Å². The molecule has 0 unspecified atom stereocenters. The van der Waals surface area contributed by atoms with Gasteiger partial charge in [-0.2, -0.15) is 4.39 Å². The van der Waals surface area contributed by atoms with Gasteiger partial charge in [-0.3, -0.25) is 0 Å². The summed E-state index contributed by atoms with van der Waals surface area (Å²) in [6, 6.07) is 3.28. The lowest BCUT2D eigenvalue weighted by Gasteiger charge is -2.34. The zero-order chi connectivity index (χ0) is 11.0. The summed E-state index contributed by atoms with van der Waals surface area (Å²) in [7, 11) is 0. The van der Waals surface area contributed by atoms with Crippen molar-refractivity contribution in [2.24, 2.45) is 11.8 Å². The zero-order valence-electron chi connectivity index (χ0n) is 9.12. The van der Waals surface area contributed by atoms with Crippen molar-refractivity contribution >= 4 is 5.57 Å². The van der Waals surface area contributed by atoms with Gasteiger partial charge in [-0.05, 0) is 54.5 Å². The van der Waals surface area contributed by atoms with Crippen molar-refractivity contribution in [1.82, 2.24) is 10.3 Å². The van der Waals surface area contributed by atoms with Gasteiger partial charge >= 0.3 is 0 Å². The van der Waals surface area contributed by atoms with Gasteiger partial charge in [0.25, 0.3) is 0 Å². The van der Waals surface area contributed by atoms with Crippen LogP contribution >= 0.6 is 0 Å². The monoisotopic (exact) mass is 218 g/mol. The Kier molecular flexibility index (Phi) is 2.48. The number of pyridine rings is 1. The third-order valence-corrected chi connectivity index (χ3v) is 3.52. The van der Waals surface area contributed by atoms with Gasteiger partial charge in [0, 0.05) is 12.7 Å². The van der Waals surface area contributed by atoms with Crippen molar-refractivity contribution < 1.29 is 4.39 Å². The number of hydrogen-bond donors (Lipinski definition) is 1. The first kappa shape index (κ1) is 9.97. The summed E-state index contributed by atoms with van der Waals surface area (Å²) < 4.78 is 12.7. The number of hydrogen-bond acceptors (Lipinski definition) is 2. The number of fused-ring (bicyclic) bond motifs is 2. The van der Waals surface area contributed by atoms with Crippen LogP contribution in [-0.4, -0.2) is 18.1 Å². The van der Waals surface area contributed by atoms with E-state index in [-0.39, 0.29) is 0 Å². The van der Waals surface area contributed by atoms with E-state index >= 15 is 0 Å². The Bertz CT molecular complexity index is 410. The second-order valence-electron chi connectivity index (χ2n) is 4.79. The van der Waals surface area contributed by atoms with Gasteiger partial charge in [0.05, 0.1) is 0 Å². The van der Waals surface area contributed by atoms with Gasteiger partial charge in [0.15, 0.2) is 0 Å². The Morgan fingerprint density at radius 1 is 1.31 bits per heavy atom. The highest BCUT2D eigenvalue weighted by atomic mass is 19.1. The normalized spacial score (nSPS) is 28.7. The summed E-state index contributed by atoms with van der Waals surface area (Å²) in [6.07, 6.45) is 6.37. The molecule has 1 aromatic rings. The lowest BCUT2D eigenvalue weighted by Crippen LogP contribution is -2.37. The maximum absolute atomic E-state index is 12.7. The molecule has 1 aliphatic carbocycles. The number of allylic oxidation sites excluding steroid dienone is 1. The predicted octanol–water partition coefficient (Wildman–Crippen LogP) is 2.23. The SMILES string of the molecule is Fc1ccc(C2=C[C@@H]3CNC[C@H](C2)C3)cn1. The first-order valence-electron chi connectivity index (χ1n) is 5.84. The summed E-state index contributed by atoms with van der Waals surface area (Å²) in [5, 5.41) is 3.45. The Labute approximate surface area is 94.6 Å². The van der Waals surface area contributed by atoms with Crippen LogP contribution in [0.5, 0.6) is 0 Å². The molecule has 2 atom stereocenters. The summed E-state index contributed by atoms with van der Waals surface area (Å²) in [5.41, 5.74) is 2.42. The smallest absolute Gasteiger partial charge is 0.212 e.